The van der Waals surface area contributed by atoms with Crippen LogP contribution in [-0.2, 0) is 9.59 Å². The minimum absolute atomic E-state index is 0.0381. The zero-order valence-electron chi connectivity index (χ0n) is 15.6. The second-order valence-corrected chi connectivity index (χ2v) is 7.47. The lowest BCUT2D eigenvalue weighted by Crippen LogP contribution is -2.46. The summed E-state index contributed by atoms with van der Waals surface area (Å²) in [5.74, 6) is 0.369. The third-order valence-electron chi connectivity index (χ3n) is 4.38. The lowest BCUT2D eigenvalue weighted by molar-refractivity contribution is -0.125. The van der Waals surface area contributed by atoms with Crippen LogP contribution >= 0.6 is 11.8 Å². The van der Waals surface area contributed by atoms with E-state index in [0.717, 1.165) is 11.3 Å². The normalized spacial score (nSPS) is 19.3. The van der Waals surface area contributed by atoms with Gasteiger partial charge in [-0.15, -0.1) is 0 Å². The first-order chi connectivity index (χ1) is 12.5. The van der Waals surface area contributed by atoms with E-state index in [1.165, 1.54) is 0 Å². The maximum absolute atomic E-state index is 13.0. The molecule has 1 aromatic carbocycles. The van der Waals surface area contributed by atoms with Crippen molar-refractivity contribution >= 4 is 29.5 Å². The zero-order valence-corrected chi connectivity index (χ0v) is 16.4. The molecule has 0 aliphatic carbocycles. The van der Waals surface area contributed by atoms with E-state index in [2.05, 4.69) is 10.6 Å². The van der Waals surface area contributed by atoms with Crippen molar-refractivity contribution in [2.45, 2.75) is 38.8 Å². The molecule has 3 amide bonds. The highest BCUT2D eigenvalue weighted by Gasteiger charge is 2.40. The molecular weight excluding hydrogens is 350 g/mol. The molecule has 142 valence electrons. The van der Waals surface area contributed by atoms with Gasteiger partial charge in [0, 0.05) is 36.9 Å². The van der Waals surface area contributed by atoms with Crippen LogP contribution in [0, 0.1) is 6.92 Å². The van der Waals surface area contributed by atoms with E-state index < -0.39 is 6.04 Å². The first-order valence-corrected chi connectivity index (χ1v) is 10.3. The lowest BCUT2D eigenvalue weighted by atomic mass is 10.1. The number of carbonyl (C=O) groups excluding carboxylic acids is 3. The quantitative estimate of drug-likeness (QED) is 0.756. The van der Waals surface area contributed by atoms with Crippen LogP contribution < -0.4 is 10.6 Å². The predicted octanol–water partition coefficient (Wildman–Crippen LogP) is 1.58. The summed E-state index contributed by atoms with van der Waals surface area (Å²) in [5.41, 5.74) is 1.56. The summed E-state index contributed by atoms with van der Waals surface area (Å²) >= 11 is 1.61. The van der Waals surface area contributed by atoms with Crippen LogP contribution in [0.15, 0.2) is 24.3 Å². The van der Waals surface area contributed by atoms with Gasteiger partial charge in [-0.2, -0.15) is 11.8 Å². The van der Waals surface area contributed by atoms with Crippen LogP contribution in [0.25, 0.3) is 0 Å². The molecule has 2 rings (SSSR count). The second-order valence-electron chi connectivity index (χ2n) is 6.48. The Labute approximate surface area is 159 Å². The number of rotatable bonds is 7. The van der Waals surface area contributed by atoms with Gasteiger partial charge in [-0.05, 0) is 38.7 Å². The number of hydrogen-bond donors (Lipinski definition) is 2. The van der Waals surface area contributed by atoms with Crippen LogP contribution in [0.5, 0.6) is 0 Å². The molecule has 1 fully saturated rings. The molecule has 1 saturated heterocycles. The average molecular weight is 378 g/mol. The Morgan fingerprint density at radius 1 is 1.31 bits per heavy atom. The minimum Gasteiger partial charge on any atom is -0.355 e. The molecule has 0 radical (unpaired) electrons. The van der Waals surface area contributed by atoms with Gasteiger partial charge in [-0.3, -0.25) is 14.4 Å². The number of thioether (sulfide) groups is 1. The zero-order chi connectivity index (χ0) is 19.1. The van der Waals surface area contributed by atoms with Crippen molar-refractivity contribution in [2.75, 3.05) is 25.1 Å². The number of nitrogens with one attached hydrogen (secondary N) is 2. The number of carbonyl (C=O) groups is 3. The van der Waals surface area contributed by atoms with Crippen LogP contribution in [0.4, 0.5) is 0 Å². The second kappa shape index (κ2) is 9.62. The van der Waals surface area contributed by atoms with Crippen LogP contribution in [-0.4, -0.2) is 59.8 Å². The van der Waals surface area contributed by atoms with E-state index >= 15 is 0 Å². The summed E-state index contributed by atoms with van der Waals surface area (Å²) in [4.78, 5) is 39.0. The molecule has 26 heavy (non-hydrogen) atoms. The Bertz CT molecular complexity index is 665. The lowest BCUT2D eigenvalue weighted by Gasteiger charge is -2.23. The Kier molecular flexibility index (Phi) is 7.50. The van der Waals surface area contributed by atoms with Crippen molar-refractivity contribution in [3.63, 3.8) is 0 Å². The van der Waals surface area contributed by atoms with Gasteiger partial charge >= 0.3 is 0 Å². The standard InChI is InChI=1S/C19H27N3O3S/c1-4-20-18(24)16-11-15(21-17(23)8-9-26-3)12-22(16)19(25)14-7-5-6-13(2)10-14/h5-7,10,15-16H,4,8-9,11-12H2,1-3H3,(H,20,24)(H,21,23)/t15-,16-/m0/s1. The van der Waals surface area contributed by atoms with Gasteiger partial charge in [0.2, 0.25) is 11.8 Å². The molecular formula is C19H27N3O3S. The maximum Gasteiger partial charge on any atom is 0.254 e. The van der Waals surface area contributed by atoms with E-state index in [1.807, 2.05) is 38.3 Å². The topological polar surface area (TPSA) is 78.5 Å². The van der Waals surface area contributed by atoms with Gasteiger partial charge in [-0.25, -0.2) is 0 Å². The van der Waals surface area contributed by atoms with E-state index in [0.29, 0.717) is 31.5 Å². The summed E-state index contributed by atoms with van der Waals surface area (Å²) in [7, 11) is 0. The molecule has 1 aromatic rings. The van der Waals surface area contributed by atoms with Gasteiger partial charge < -0.3 is 15.5 Å². The Balaban J connectivity index is 2.13. The van der Waals surface area contributed by atoms with Gasteiger partial charge in [0.1, 0.15) is 6.04 Å². The molecule has 1 aliphatic heterocycles. The highest BCUT2D eigenvalue weighted by atomic mass is 32.2. The molecule has 1 heterocycles. The average Bonchev–Trinajstić information content (AvgIpc) is 3.03. The number of likely N-dealkylation sites (N-methyl/N-ethyl adjacent to an activating group) is 1. The molecule has 2 N–H and O–H groups in total. The maximum atomic E-state index is 13.0. The highest BCUT2D eigenvalue weighted by Crippen LogP contribution is 2.22. The van der Waals surface area contributed by atoms with Crippen molar-refractivity contribution in [1.29, 1.82) is 0 Å². The number of hydrogen-bond acceptors (Lipinski definition) is 4. The number of likely N-dealkylation sites (tertiary alicyclic amines) is 1. The number of nitrogens with zero attached hydrogens (tertiary/aromatic N) is 1. The van der Waals surface area contributed by atoms with Gasteiger partial charge in [-0.1, -0.05) is 17.7 Å². The number of aryl methyl sites for hydroxylation is 1. The smallest absolute Gasteiger partial charge is 0.254 e. The summed E-state index contributed by atoms with van der Waals surface area (Å²) in [6, 6.07) is 6.58. The highest BCUT2D eigenvalue weighted by molar-refractivity contribution is 7.98. The van der Waals surface area contributed by atoms with Crippen molar-refractivity contribution in [3.05, 3.63) is 35.4 Å². The monoisotopic (exact) mass is 377 g/mol. The van der Waals surface area contributed by atoms with Crippen molar-refractivity contribution in [1.82, 2.24) is 15.5 Å². The van der Waals surface area contributed by atoms with E-state index in [4.69, 9.17) is 0 Å². The fourth-order valence-electron chi connectivity index (χ4n) is 3.14. The molecule has 1 aliphatic rings. The first kappa shape index (κ1) is 20.3. The summed E-state index contributed by atoms with van der Waals surface area (Å²) < 4.78 is 0. The number of amides is 3. The Hall–Kier alpha value is -2.02. The SMILES string of the molecule is CCNC(=O)[C@@H]1C[C@H](NC(=O)CCSC)CN1C(=O)c1cccc(C)c1. The van der Waals surface area contributed by atoms with Crippen LogP contribution in [0.2, 0.25) is 0 Å². The Morgan fingerprint density at radius 3 is 2.73 bits per heavy atom. The largest absolute Gasteiger partial charge is 0.355 e. The molecule has 0 saturated carbocycles. The summed E-state index contributed by atoms with van der Waals surface area (Å²) in [6.07, 6.45) is 2.83. The minimum atomic E-state index is -0.561. The van der Waals surface area contributed by atoms with E-state index in [1.54, 1.807) is 22.7 Å². The van der Waals surface area contributed by atoms with Crippen molar-refractivity contribution in [2.24, 2.45) is 0 Å². The molecule has 6 nitrogen and oxygen atoms in total. The summed E-state index contributed by atoms with van der Waals surface area (Å²) in [5, 5.41) is 5.76. The molecule has 0 aromatic heterocycles. The predicted molar refractivity (Wildman–Crippen MR) is 104 cm³/mol. The number of benzene rings is 1. The molecule has 0 unspecified atom stereocenters. The van der Waals surface area contributed by atoms with Gasteiger partial charge in [0.15, 0.2) is 0 Å². The summed E-state index contributed by atoms with van der Waals surface area (Å²) in [6.45, 7) is 4.63. The van der Waals surface area contributed by atoms with Gasteiger partial charge in [0.25, 0.3) is 5.91 Å². The fraction of sp³-hybridized carbons (Fsp3) is 0.526. The Morgan fingerprint density at radius 2 is 2.08 bits per heavy atom. The molecule has 7 heteroatoms. The third kappa shape index (κ3) is 5.24. The molecule has 2 atom stereocenters. The van der Waals surface area contributed by atoms with E-state index in [9.17, 15) is 14.4 Å². The van der Waals surface area contributed by atoms with Crippen molar-refractivity contribution in [3.8, 4) is 0 Å². The van der Waals surface area contributed by atoms with Crippen LogP contribution in [0.1, 0.15) is 35.7 Å². The first-order valence-electron chi connectivity index (χ1n) is 8.90. The molecule has 0 bridgehead atoms. The third-order valence-corrected chi connectivity index (χ3v) is 4.99. The fourth-order valence-corrected chi connectivity index (χ4v) is 3.53. The van der Waals surface area contributed by atoms with Crippen molar-refractivity contribution < 1.29 is 14.4 Å². The molecule has 0 spiro atoms. The van der Waals surface area contributed by atoms with E-state index in [-0.39, 0.29) is 23.8 Å². The van der Waals surface area contributed by atoms with Crippen LogP contribution in [0.3, 0.4) is 0 Å². The van der Waals surface area contributed by atoms with Gasteiger partial charge in [0.05, 0.1) is 0 Å².